The predicted octanol–water partition coefficient (Wildman–Crippen LogP) is 5.55. The molecule has 2 fully saturated rings. The number of nitrogens with one attached hydrogen (secondary N) is 2. The maximum Gasteiger partial charge on any atom is 0.256 e. The van der Waals surface area contributed by atoms with Crippen LogP contribution in [0.5, 0.6) is 11.5 Å². The summed E-state index contributed by atoms with van der Waals surface area (Å²) in [5.74, 6) is 2.31. The highest BCUT2D eigenvalue weighted by molar-refractivity contribution is 6.01. The van der Waals surface area contributed by atoms with Crippen molar-refractivity contribution in [1.82, 2.24) is 14.8 Å². The van der Waals surface area contributed by atoms with Crippen molar-refractivity contribution in [1.29, 1.82) is 0 Å². The molecule has 0 spiro atoms. The van der Waals surface area contributed by atoms with Crippen molar-refractivity contribution >= 4 is 33.3 Å². The maximum absolute atomic E-state index is 13.8. The van der Waals surface area contributed by atoms with Crippen molar-refractivity contribution in [2.24, 2.45) is 11.8 Å². The molecule has 2 N–H and O–H groups in total. The number of morpholine rings is 1. The highest BCUT2D eigenvalue weighted by Gasteiger charge is 2.27. The van der Waals surface area contributed by atoms with Crippen LogP contribution in [0.4, 0.5) is 5.69 Å². The Hall–Kier alpha value is -3.88. The Morgan fingerprint density at radius 1 is 1.02 bits per heavy atom. The number of carbonyl (C=O) groups excluding carboxylic acids is 1. The number of amides is 1. The number of benzene rings is 3. The van der Waals surface area contributed by atoms with E-state index in [0.29, 0.717) is 40.8 Å². The molecule has 1 aliphatic carbocycles. The van der Waals surface area contributed by atoms with Gasteiger partial charge in [-0.15, -0.1) is 0 Å². The zero-order valence-electron chi connectivity index (χ0n) is 24.2. The largest absolute Gasteiger partial charge is 0.451 e. The summed E-state index contributed by atoms with van der Waals surface area (Å²) in [5, 5.41) is 9.19. The number of ether oxygens (including phenoxy) is 2. The molecular formula is C34H38N4O4. The average Bonchev–Trinajstić information content (AvgIpc) is 3.42. The van der Waals surface area contributed by atoms with Crippen molar-refractivity contribution in [3.05, 3.63) is 70.5 Å². The maximum atomic E-state index is 13.8. The van der Waals surface area contributed by atoms with Crippen LogP contribution in [0, 0.1) is 11.8 Å². The molecule has 1 saturated carbocycles. The van der Waals surface area contributed by atoms with E-state index >= 15 is 0 Å². The average molecular weight is 567 g/mol. The molecule has 8 heteroatoms. The van der Waals surface area contributed by atoms with Crippen LogP contribution >= 0.6 is 0 Å². The van der Waals surface area contributed by atoms with Gasteiger partial charge in [0.15, 0.2) is 11.5 Å². The predicted molar refractivity (Wildman–Crippen MR) is 166 cm³/mol. The zero-order valence-corrected chi connectivity index (χ0v) is 24.2. The van der Waals surface area contributed by atoms with Gasteiger partial charge in [0, 0.05) is 38.9 Å². The van der Waals surface area contributed by atoms with Gasteiger partial charge in [0.2, 0.25) is 5.43 Å². The number of fused-ring (bicyclic) bond motifs is 3. The van der Waals surface area contributed by atoms with Crippen LogP contribution in [-0.4, -0.2) is 61.3 Å². The second kappa shape index (κ2) is 11.4. The van der Waals surface area contributed by atoms with Gasteiger partial charge in [-0.1, -0.05) is 50.5 Å². The van der Waals surface area contributed by atoms with Gasteiger partial charge in [-0.05, 0) is 53.3 Å². The zero-order chi connectivity index (χ0) is 28.6. The number of nitrogens with zero attached hydrogens (tertiary/aromatic N) is 2. The summed E-state index contributed by atoms with van der Waals surface area (Å²) in [6.45, 7) is 7.86. The molecule has 3 aromatic carbocycles. The first-order chi connectivity index (χ1) is 20.6. The van der Waals surface area contributed by atoms with E-state index in [4.69, 9.17) is 9.47 Å². The van der Waals surface area contributed by atoms with Gasteiger partial charge in [0.25, 0.3) is 5.91 Å². The number of anilines is 1. The topological polar surface area (TPSA) is 84.8 Å². The molecule has 4 aromatic rings. The number of hydrogen-bond donors (Lipinski definition) is 2. The molecule has 218 valence electrons. The highest BCUT2D eigenvalue weighted by atomic mass is 16.5. The van der Waals surface area contributed by atoms with Gasteiger partial charge in [-0.25, -0.2) is 0 Å². The summed E-state index contributed by atoms with van der Waals surface area (Å²) >= 11 is 0. The van der Waals surface area contributed by atoms with Gasteiger partial charge >= 0.3 is 0 Å². The van der Waals surface area contributed by atoms with Crippen LogP contribution in [-0.2, 0) is 4.74 Å². The fourth-order valence-corrected chi connectivity index (χ4v) is 6.86. The molecule has 2 atom stereocenters. The van der Waals surface area contributed by atoms with E-state index in [-0.39, 0.29) is 16.9 Å². The summed E-state index contributed by atoms with van der Waals surface area (Å²) in [6, 6.07) is 16.0. The lowest BCUT2D eigenvalue weighted by molar-refractivity contribution is 0.0398. The highest BCUT2D eigenvalue weighted by Crippen LogP contribution is 2.45. The Morgan fingerprint density at radius 3 is 2.62 bits per heavy atom. The van der Waals surface area contributed by atoms with Crippen LogP contribution in [0.3, 0.4) is 0 Å². The number of hydrogen-bond acceptors (Lipinski definition) is 6. The van der Waals surface area contributed by atoms with Crippen LogP contribution < -0.4 is 20.8 Å². The standard InChI is InChI=1S/C34H38N4O4/c1-22-5-4-8-23(22)11-12-36-34(40)27-21-38-29-19-24-6-2-3-7-25(24)20-30(29)42-33-28(10-9-26(31(33)38)32(27)39)35-13-14-37-15-17-41-18-16-37/h2-3,6-7,9-10,19-23,35H,4-5,8,11-18H2,1H3,(H,36,40). The second-order valence-electron chi connectivity index (χ2n) is 11.9. The molecule has 8 nitrogen and oxygen atoms in total. The number of carbonyl (C=O) groups is 1. The van der Waals surface area contributed by atoms with Crippen LogP contribution in [0.1, 0.15) is 43.0 Å². The molecule has 1 amide bonds. The van der Waals surface area contributed by atoms with Gasteiger partial charge in [-0.3, -0.25) is 14.5 Å². The third-order valence-corrected chi connectivity index (χ3v) is 9.35. The van der Waals surface area contributed by atoms with Gasteiger partial charge in [-0.2, -0.15) is 0 Å². The molecule has 2 aliphatic heterocycles. The lowest BCUT2D eigenvalue weighted by Crippen LogP contribution is -2.39. The Morgan fingerprint density at radius 2 is 1.83 bits per heavy atom. The Balaban J connectivity index is 1.25. The fourth-order valence-electron chi connectivity index (χ4n) is 6.86. The minimum atomic E-state index is -0.320. The van der Waals surface area contributed by atoms with Crippen molar-refractivity contribution in [2.45, 2.75) is 32.6 Å². The first-order valence-corrected chi connectivity index (χ1v) is 15.3. The molecule has 1 aromatic heterocycles. The van der Waals surface area contributed by atoms with Crippen molar-refractivity contribution < 1.29 is 14.3 Å². The van der Waals surface area contributed by atoms with E-state index in [9.17, 15) is 9.59 Å². The van der Waals surface area contributed by atoms with Gasteiger partial charge in [0.05, 0.1) is 30.0 Å². The normalized spacial score (nSPS) is 19.9. The van der Waals surface area contributed by atoms with E-state index in [1.54, 1.807) is 6.20 Å². The first-order valence-electron chi connectivity index (χ1n) is 15.3. The Labute approximate surface area is 245 Å². The molecule has 3 aliphatic rings. The summed E-state index contributed by atoms with van der Waals surface area (Å²) in [6.07, 6.45) is 6.39. The monoisotopic (exact) mass is 566 g/mol. The van der Waals surface area contributed by atoms with Crippen molar-refractivity contribution in [2.75, 3.05) is 51.3 Å². The van der Waals surface area contributed by atoms with Crippen LogP contribution in [0.25, 0.3) is 27.4 Å². The van der Waals surface area contributed by atoms with Crippen molar-refractivity contribution in [3.63, 3.8) is 0 Å². The quantitative estimate of drug-likeness (QED) is 0.256. The molecule has 7 rings (SSSR count). The van der Waals surface area contributed by atoms with E-state index in [1.807, 2.05) is 34.9 Å². The minimum absolute atomic E-state index is 0.155. The molecule has 2 unspecified atom stereocenters. The molecule has 1 saturated heterocycles. The SMILES string of the molecule is CC1CCCC1CCNC(=O)c1cn2c3c(c(NCCN4CCOCC4)ccc3c1=O)Oc1cc3ccccc3cc1-2. The lowest BCUT2D eigenvalue weighted by Gasteiger charge is -2.28. The number of pyridine rings is 1. The lowest BCUT2D eigenvalue weighted by atomic mass is 9.95. The fraction of sp³-hybridized carbons (Fsp3) is 0.412. The molecular weight excluding hydrogens is 528 g/mol. The molecule has 3 heterocycles. The number of rotatable bonds is 8. The van der Waals surface area contributed by atoms with Crippen LogP contribution in [0.15, 0.2) is 59.5 Å². The third kappa shape index (κ3) is 5.03. The van der Waals surface area contributed by atoms with E-state index in [2.05, 4.69) is 40.7 Å². The van der Waals surface area contributed by atoms with Crippen molar-refractivity contribution in [3.8, 4) is 17.2 Å². The first kappa shape index (κ1) is 27.0. The van der Waals surface area contributed by atoms with Gasteiger partial charge in [0.1, 0.15) is 11.1 Å². The smallest absolute Gasteiger partial charge is 0.256 e. The summed E-state index contributed by atoms with van der Waals surface area (Å²) < 4.78 is 14.0. The third-order valence-electron chi connectivity index (χ3n) is 9.35. The van der Waals surface area contributed by atoms with E-state index in [1.165, 1.54) is 19.3 Å². The van der Waals surface area contributed by atoms with E-state index < -0.39 is 0 Å². The summed E-state index contributed by atoms with van der Waals surface area (Å²) in [7, 11) is 0. The molecule has 0 radical (unpaired) electrons. The Kier molecular flexibility index (Phi) is 7.34. The Bertz CT molecular complexity index is 1710. The van der Waals surface area contributed by atoms with Crippen LogP contribution in [0.2, 0.25) is 0 Å². The molecule has 42 heavy (non-hydrogen) atoms. The second-order valence-corrected chi connectivity index (χ2v) is 11.9. The van der Waals surface area contributed by atoms with Gasteiger partial charge < -0.3 is 24.7 Å². The summed E-state index contributed by atoms with van der Waals surface area (Å²) in [5.41, 5.74) is 2.19. The van der Waals surface area contributed by atoms with E-state index in [0.717, 1.165) is 68.0 Å². The number of aromatic nitrogens is 1. The minimum Gasteiger partial charge on any atom is -0.451 e. The summed E-state index contributed by atoms with van der Waals surface area (Å²) in [4.78, 5) is 29.6. The molecule has 0 bridgehead atoms.